The summed E-state index contributed by atoms with van der Waals surface area (Å²) in [5, 5.41) is 0. The monoisotopic (exact) mass is 315 g/mol. The van der Waals surface area contributed by atoms with Gasteiger partial charge in [0, 0.05) is 0 Å². The summed E-state index contributed by atoms with van der Waals surface area (Å²) in [4.78, 5) is 0.0605. The number of aromatic nitrogens is 1. The van der Waals surface area contributed by atoms with Crippen LogP contribution in [0.1, 0.15) is 5.56 Å². The highest BCUT2D eigenvalue weighted by atomic mass is 32.2. The van der Waals surface area contributed by atoms with Crippen molar-refractivity contribution >= 4 is 10.0 Å². The Labute approximate surface area is 128 Å². The van der Waals surface area contributed by atoms with Crippen molar-refractivity contribution in [1.82, 2.24) is 3.97 Å². The zero-order chi connectivity index (χ0) is 15.7. The third-order valence-electron chi connectivity index (χ3n) is 3.42. The molecule has 0 unspecified atom stereocenters. The van der Waals surface area contributed by atoms with E-state index in [0.29, 0.717) is 11.3 Å². The molecule has 2 aromatic carbocycles. The molecule has 0 aliphatic heterocycles. The van der Waals surface area contributed by atoms with Crippen LogP contribution >= 0.6 is 0 Å². The number of hydrogen-bond acceptors (Lipinski definition) is 2. The molecule has 3 nitrogen and oxygen atoms in total. The lowest BCUT2D eigenvalue weighted by molar-refractivity contribution is 0.543. The third-order valence-corrected chi connectivity index (χ3v) is 5.14. The average molecular weight is 315 g/mol. The van der Waals surface area contributed by atoms with Gasteiger partial charge in [0.15, 0.2) is 0 Å². The van der Waals surface area contributed by atoms with E-state index in [-0.39, 0.29) is 4.90 Å². The van der Waals surface area contributed by atoms with Gasteiger partial charge in [0.2, 0.25) is 5.95 Å². The number of aryl methyl sites for hydroxylation is 1. The minimum atomic E-state index is -3.98. The first-order valence-electron chi connectivity index (χ1n) is 6.75. The lowest BCUT2D eigenvalue weighted by Crippen LogP contribution is -2.16. The molecule has 112 valence electrons. The van der Waals surface area contributed by atoms with Crippen molar-refractivity contribution < 1.29 is 12.8 Å². The van der Waals surface area contributed by atoms with Gasteiger partial charge >= 0.3 is 0 Å². The van der Waals surface area contributed by atoms with Crippen LogP contribution in [0.2, 0.25) is 0 Å². The predicted molar refractivity (Wildman–Crippen MR) is 83.6 cm³/mol. The molecule has 3 aromatic rings. The highest BCUT2D eigenvalue weighted by Crippen LogP contribution is 2.27. The van der Waals surface area contributed by atoms with Gasteiger partial charge in [-0.25, -0.2) is 12.4 Å². The zero-order valence-corrected chi connectivity index (χ0v) is 12.7. The van der Waals surface area contributed by atoms with E-state index in [4.69, 9.17) is 0 Å². The summed E-state index contributed by atoms with van der Waals surface area (Å²) >= 11 is 0. The Morgan fingerprint density at radius 2 is 1.50 bits per heavy atom. The molecule has 0 spiro atoms. The molecule has 0 amide bonds. The number of benzene rings is 2. The van der Waals surface area contributed by atoms with E-state index < -0.39 is 16.0 Å². The molecule has 0 fully saturated rings. The van der Waals surface area contributed by atoms with Crippen molar-refractivity contribution in [1.29, 1.82) is 0 Å². The van der Waals surface area contributed by atoms with Gasteiger partial charge in [-0.2, -0.15) is 4.39 Å². The number of nitrogens with zero attached hydrogens (tertiary/aromatic N) is 1. The van der Waals surface area contributed by atoms with E-state index >= 15 is 0 Å². The predicted octanol–water partition coefficient (Wildman–Crippen LogP) is 3.84. The van der Waals surface area contributed by atoms with Crippen LogP contribution in [-0.4, -0.2) is 12.4 Å². The molecule has 0 saturated heterocycles. The first-order chi connectivity index (χ1) is 10.5. The minimum Gasteiger partial charge on any atom is -0.208 e. The second kappa shape index (κ2) is 5.42. The highest BCUT2D eigenvalue weighted by Gasteiger charge is 2.24. The molecular weight excluding hydrogens is 301 g/mol. The normalized spacial score (nSPS) is 11.5. The summed E-state index contributed by atoms with van der Waals surface area (Å²) in [5.74, 6) is -0.806. The maximum absolute atomic E-state index is 14.1. The van der Waals surface area contributed by atoms with Crippen molar-refractivity contribution in [3.63, 3.8) is 0 Å². The molecule has 5 heteroatoms. The van der Waals surface area contributed by atoms with Crippen LogP contribution < -0.4 is 0 Å². The summed E-state index contributed by atoms with van der Waals surface area (Å²) < 4.78 is 40.4. The largest absolute Gasteiger partial charge is 0.270 e. The Morgan fingerprint density at radius 1 is 0.864 bits per heavy atom. The second-order valence-corrected chi connectivity index (χ2v) is 6.78. The molecule has 0 saturated carbocycles. The molecule has 0 N–H and O–H groups in total. The van der Waals surface area contributed by atoms with Gasteiger partial charge in [-0.3, -0.25) is 0 Å². The molecular formula is C17H14FNO2S. The van der Waals surface area contributed by atoms with Crippen molar-refractivity contribution in [2.24, 2.45) is 0 Å². The van der Waals surface area contributed by atoms with E-state index in [1.807, 2.05) is 13.0 Å². The highest BCUT2D eigenvalue weighted by molar-refractivity contribution is 7.90. The third kappa shape index (κ3) is 2.44. The van der Waals surface area contributed by atoms with E-state index in [9.17, 15) is 12.8 Å². The fraction of sp³-hybridized carbons (Fsp3) is 0.0588. The molecule has 0 atom stereocenters. The van der Waals surface area contributed by atoms with Crippen LogP contribution in [0.25, 0.3) is 11.3 Å². The molecule has 1 heterocycles. The quantitative estimate of drug-likeness (QED) is 0.736. The standard InChI is InChI=1S/C17H14FNO2S/c1-13-7-9-15(10-8-13)22(20,21)19-16(11-12-17(19)18)14-5-3-2-4-6-14/h2-12H,1H3. The van der Waals surface area contributed by atoms with Crippen LogP contribution in [0.5, 0.6) is 0 Å². The topological polar surface area (TPSA) is 39.1 Å². The van der Waals surface area contributed by atoms with Crippen molar-refractivity contribution in [2.75, 3.05) is 0 Å². The second-order valence-electron chi connectivity index (χ2n) is 4.99. The Balaban J connectivity index is 2.20. The molecule has 0 aliphatic carbocycles. The summed E-state index contributed by atoms with van der Waals surface area (Å²) in [5.41, 5.74) is 1.89. The van der Waals surface area contributed by atoms with Gasteiger partial charge in [-0.15, -0.1) is 0 Å². The van der Waals surface area contributed by atoms with Gasteiger partial charge in [-0.1, -0.05) is 48.0 Å². The number of hydrogen-bond donors (Lipinski definition) is 0. The summed E-state index contributed by atoms with van der Waals surface area (Å²) in [6.45, 7) is 1.86. The Hall–Kier alpha value is -2.40. The first-order valence-corrected chi connectivity index (χ1v) is 8.19. The maximum Gasteiger partial charge on any atom is 0.270 e. The minimum absolute atomic E-state index is 0.0605. The zero-order valence-electron chi connectivity index (χ0n) is 11.9. The van der Waals surface area contributed by atoms with E-state index in [2.05, 4.69) is 0 Å². The molecule has 0 bridgehead atoms. The Morgan fingerprint density at radius 3 is 2.14 bits per heavy atom. The molecule has 22 heavy (non-hydrogen) atoms. The van der Waals surface area contributed by atoms with Crippen molar-refractivity contribution in [3.05, 3.63) is 78.2 Å². The van der Waals surface area contributed by atoms with Crippen LogP contribution in [-0.2, 0) is 10.0 Å². The average Bonchev–Trinajstić information content (AvgIpc) is 2.91. The van der Waals surface area contributed by atoms with E-state index in [0.717, 1.165) is 15.6 Å². The summed E-state index contributed by atoms with van der Waals surface area (Å²) in [6, 6.07) is 17.9. The van der Waals surface area contributed by atoms with Gasteiger partial charge in [-0.05, 0) is 36.8 Å². The fourth-order valence-corrected chi connectivity index (χ4v) is 3.69. The lowest BCUT2D eigenvalue weighted by Gasteiger charge is -2.11. The summed E-state index contributed by atoms with van der Waals surface area (Å²) in [6.07, 6.45) is 0. The number of halogens is 1. The smallest absolute Gasteiger partial charge is 0.208 e. The first kappa shape index (κ1) is 14.5. The van der Waals surface area contributed by atoms with Gasteiger partial charge in [0.25, 0.3) is 10.0 Å². The Bertz CT molecular complexity index is 898. The summed E-state index contributed by atoms with van der Waals surface area (Å²) in [7, 11) is -3.98. The van der Waals surface area contributed by atoms with Crippen LogP contribution in [0.3, 0.4) is 0 Å². The molecule has 0 radical (unpaired) electrons. The Kier molecular flexibility index (Phi) is 3.58. The van der Waals surface area contributed by atoms with Gasteiger partial charge in [0.1, 0.15) is 0 Å². The fourth-order valence-electron chi connectivity index (χ4n) is 2.28. The van der Waals surface area contributed by atoms with Gasteiger partial charge < -0.3 is 0 Å². The van der Waals surface area contributed by atoms with Crippen LogP contribution in [0, 0.1) is 12.9 Å². The van der Waals surface area contributed by atoms with Crippen LogP contribution in [0.4, 0.5) is 4.39 Å². The molecule has 1 aromatic heterocycles. The van der Waals surface area contributed by atoms with Crippen molar-refractivity contribution in [2.45, 2.75) is 11.8 Å². The molecule has 0 aliphatic rings. The number of rotatable bonds is 3. The van der Waals surface area contributed by atoms with Gasteiger partial charge in [0.05, 0.1) is 10.6 Å². The van der Waals surface area contributed by atoms with Crippen LogP contribution in [0.15, 0.2) is 71.6 Å². The van der Waals surface area contributed by atoms with Crippen molar-refractivity contribution in [3.8, 4) is 11.3 Å². The van der Waals surface area contributed by atoms with E-state index in [1.165, 1.54) is 18.2 Å². The van der Waals surface area contributed by atoms with E-state index in [1.54, 1.807) is 36.4 Å². The lowest BCUT2D eigenvalue weighted by atomic mass is 10.2. The maximum atomic E-state index is 14.1. The SMILES string of the molecule is Cc1ccc(S(=O)(=O)n2c(F)ccc2-c2ccccc2)cc1. The molecule has 3 rings (SSSR count).